The summed E-state index contributed by atoms with van der Waals surface area (Å²) in [5, 5.41) is 5.40. The number of carbonyl (C=O) groups is 1. The van der Waals surface area contributed by atoms with Crippen molar-refractivity contribution >= 4 is 21.7 Å². The smallest absolute Gasteiger partial charge is 0.319 e. The quantitative estimate of drug-likeness (QED) is 0.539. The monoisotopic (exact) mass is 424 g/mol. The number of anilines is 1. The van der Waals surface area contributed by atoms with Crippen LogP contribution in [0.4, 0.5) is 10.5 Å². The third-order valence-corrected chi connectivity index (χ3v) is 6.16. The second kappa shape index (κ2) is 9.06. The molecule has 0 radical (unpaired) electrons. The molecule has 0 atom stereocenters. The second-order valence-electron chi connectivity index (χ2n) is 7.29. The van der Waals surface area contributed by atoms with Crippen LogP contribution in [0.1, 0.15) is 25.0 Å². The largest absolute Gasteiger partial charge is 0.334 e. The minimum Gasteiger partial charge on any atom is -0.334 e. The van der Waals surface area contributed by atoms with Gasteiger partial charge in [-0.3, -0.25) is 4.98 Å². The number of benzene rings is 2. The molecule has 0 unspecified atom stereocenters. The Balaban J connectivity index is 1.62. The molecule has 1 aromatic heterocycles. The fraction of sp³-hybridized carbons (Fsp3) is 0.182. The number of carbonyl (C=O) groups excluding carboxylic acids is 1. The molecule has 0 bridgehead atoms. The van der Waals surface area contributed by atoms with E-state index in [1.165, 1.54) is 12.1 Å². The van der Waals surface area contributed by atoms with Crippen molar-refractivity contribution in [3.05, 3.63) is 90.3 Å². The fourth-order valence-electron chi connectivity index (χ4n) is 2.89. The first-order chi connectivity index (χ1) is 14.3. The third kappa shape index (κ3) is 5.65. The Hall–Kier alpha value is -3.23. The second-order valence-corrected chi connectivity index (χ2v) is 8.97. The van der Waals surface area contributed by atoms with E-state index in [1.54, 1.807) is 30.6 Å². The van der Waals surface area contributed by atoms with Crippen molar-refractivity contribution in [2.24, 2.45) is 0 Å². The van der Waals surface area contributed by atoms with Gasteiger partial charge in [0.15, 0.2) is 0 Å². The zero-order valence-corrected chi connectivity index (χ0v) is 17.6. The van der Waals surface area contributed by atoms with Crippen LogP contribution in [0.2, 0.25) is 0 Å². The predicted molar refractivity (Wildman–Crippen MR) is 116 cm³/mol. The van der Waals surface area contributed by atoms with E-state index in [0.717, 1.165) is 11.1 Å². The van der Waals surface area contributed by atoms with Crippen LogP contribution in [0.25, 0.3) is 0 Å². The van der Waals surface area contributed by atoms with Gasteiger partial charge in [0.2, 0.25) is 10.0 Å². The number of nitrogens with zero attached hydrogens (tertiary/aromatic N) is 1. The highest BCUT2D eigenvalue weighted by Gasteiger charge is 2.27. The van der Waals surface area contributed by atoms with Gasteiger partial charge in [0.05, 0.1) is 10.4 Å². The van der Waals surface area contributed by atoms with Crippen LogP contribution in [0, 0.1) is 0 Å². The number of nitrogens with one attached hydrogen (secondary N) is 3. The normalized spacial score (nSPS) is 11.7. The summed E-state index contributed by atoms with van der Waals surface area (Å²) in [6.45, 7) is 3.95. The van der Waals surface area contributed by atoms with E-state index in [9.17, 15) is 13.2 Å². The van der Waals surface area contributed by atoms with E-state index in [-0.39, 0.29) is 4.90 Å². The number of rotatable bonds is 7. The van der Waals surface area contributed by atoms with E-state index in [4.69, 9.17) is 0 Å². The van der Waals surface area contributed by atoms with Crippen molar-refractivity contribution in [3.63, 3.8) is 0 Å². The highest BCUT2D eigenvalue weighted by atomic mass is 32.2. The van der Waals surface area contributed by atoms with Crippen molar-refractivity contribution in [2.75, 3.05) is 5.32 Å². The Morgan fingerprint density at radius 1 is 0.967 bits per heavy atom. The van der Waals surface area contributed by atoms with Gasteiger partial charge in [-0.05, 0) is 55.3 Å². The Bertz CT molecular complexity index is 1080. The van der Waals surface area contributed by atoms with Crippen molar-refractivity contribution in [1.29, 1.82) is 0 Å². The van der Waals surface area contributed by atoms with E-state index in [0.29, 0.717) is 12.2 Å². The Morgan fingerprint density at radius 3 is 2.30 bits per heavy atom. The molecule has 0 aliphatic carbocycles. The lowest BCUT2D eigenvalue weighted by atomic mass is 9.96. The average Bonchev–Trinajstić information content (AvgIpc) is 2.73. The lowest BCUT2D eigenvalue weighted by Crippen LogP contribution is -2.40. The van der Waals surface area contributed by atoms with Crippen molar-refractivity contribution in [3.8, 4) is 0 Å². The summed E-state index contributed by atoms with van der Waals surface area (Å²) in [6.07, 6.45) is 3.33. The standard InChI is InChI=1S/C22H24N4O3S/c1-22(2,18-8-4-3-5-9-18)26-30(28,29)20-12-10-19(11-13-20)25-21(27)24-16-17-7-6-14-23-15-17/h3-15,26H,16H2,1-2H3,(H2,24,25,27). The maximum absolute atomic E-state index is 12.8. The summed E-state index contributed by atoms with van der Waals surface area (Å²) in [4.78, 5) is 16.1. The minimum atomic E-state index is -3.74. The van der Waals surface area contributed by atoms with Gasteiger partial charge in [-0.25, -0.2) is 17.9 Å². The number of amides is 2. The van der Waals surface area contributed by atoms with E-state index in [2.05, 4.69) is 20.3 Å². The molecule has 8 heteroatoms. The summed E-state index contributed by atoms with van der Waals surface area (Å²) in [5.41, 5.74) is 1.45. The average molecular weight is 425 g/mol. The van der Waals surface area contributed by atoms with Crippen LogP contribution in [-0.2, 0) is 22.1 Å². The van der Waals surface area contributed by atoms with E-state index < -0.39 is 21.6 Å². The van der Waals surface area contributed by atoms with Gasteiger partial charge in [-0.1, -0.05) is 36.4 Å². The number of hydrogen-bond donors (Lipinski definition) is 3. The third-order valence-electron chi connectivity index (χ3n) is 4.48. The molecule has 30 heavy (non-hydrogen) atoms. The molecule has 0 aliphatic heterocycles. The Labute approximate surface area is 176 Å². The molecule has 0 saturated carbocycles. The van der Waals surface area contributed by atoms with Crippen LogP contribution in [0.15, 0.2) is 84.0 Å². The first kappa shape index (κ1) is 21.5. The van der Waals surface area contributed by atoms with Gasteiger partial charge >= 0.3 is 6.03 Å². The number of pyridine rings is 1. The molecule has 0 saturated heterocycles. The molecule has 0 fully saturated rings. The first-order valence-electron chi connectivity index (χ1n) is 9.40. The van der Waals surface area contributed by atoms with Crippen molar-refractivity contribution in [1.82, 2.24) is 15.0 Å². The number of sulfonamides is 1. The molecular formula is C22H24N4O3S. The lowest BCUT2D eigenvalue weighted by Gasteiger charge is -2.26. The lowest BCUT2D eigenvalue weighted by molar-refractivity contribution is 0.251. The van der Waals surface area contributed by atoms with Crippen LogP contribution in [-0.4, -0.2) is 19.4 Å². The first-order valence-corrected chi connectivity index (χ1v) is 10.9. The van der Waals surface area contributed by atoms with Gasteiger partial charge in [-0.15, -0.1) is 0 Å². The van der Waals surface area contributed by atoms with Gasteiger partial charge < -0.3 is 10.6 Å². The molecule has 156 valence electrons. The number of urea groups is 1. The highest BCUT2D eigenvalue weighted by Crippen LogP contribution is 2.23. The molecule has 1 heterocycles. The van der Waals surface area contributed by atoms with E-state index in [1.807, 2.05) is 50.2 Å². The Morgan fingerprint density at radius 2 is 1.67 bits per heavy atom. The van der Waals surface area contributed by atoms with Gasteiger partial charge in [-0.2, -0.15) is 0 Å². The van der Waals surface area contributed by atoms with Gasteiger partial charge in [0.1, 0.15) is 0 Å². The molecule has 0 aliphatic rings. The highest BCUT2D eigenvalue weighted by molar-refractivity contribution is 7.89. The van der Waals surface area contributed by atoms with Crippen molar-refractivity contribution in [2.45, 2.75) is 30.8 Å². The summed E-state index contributed by atoms with van der Waals surface area (Å²) in [6, 6.07) is 18.6. The molecular weight excluding hydrogens is 400 g/mol. The molecule has 3 aromatic rings. The maximum atomic E-state index is 12.8. The summed E-state index contributed by atoms with van der Waals surface area (Å²) < 4.78 is 28.3. The zero-order chi connectivity index (χ0) is 21.6. The van der Waals surface area contributed by atoms with Crippen LogP contribution >= 0.6 is 0 Å². The van der Waals surface area contributed by atoms with Crippen LogP contribution in [0.5, 0.6) is 0 Å². The topological polar surface area (TPSA) is 100 Å². The van der Waals surface area contributed by atoms with Gasteiger partial charge in [0.25, 0.3) is 0 Å². The Kier molecular flexibility index (Phi) is 6.49. The number of aromatic nitrogens is 1. The van der Waals surface area contributed by atoms with Crippen LogP contribution in [0.3, 0.4) is 0 Å². The predicted octanol–water partition coefficient (Wildman–Crippen LogP) is 3.62. The summed E-state index contributed by atoms with van der Waals surface area (Å²) in [7, 11) is -3.74. The van der Waals surface area contributed by atoms with E-state index >= 15 is 0 Å². The molecule has 0 spiro atoms. The molecule has 2 aromatic carbocycles. The van der Waals surface area contributed by atoms with Crippen molar-refractivity contribution < 1.29 is 13.2 Å². The van der Waals surface area contributed by atoms with Gasteiger partial charge in [0, 0.05) is 24.6 Å². The zero-order valence-electron chi connectivity index (χ0n) is 16.8. The molecule has 2 amide bonds. The maximum Gasteiger partial charge on any atom is 0.319 e. The SMILES string of the molecule is CC(C)(NS(=O)(=O)c1ccc(NC(=O)NCc2cccnc2)cc1)c1ccccc1. The minimum absolute atomic E-state index is 0.118. The summed E-state index contributed by atoms with van der Waals surface area (Å²) >= 11 is 0. The summed E-state index contributed by atoms with van der Waals surface area (Å²) in [5.74, 6) is 0. The van der Waals surface area contributed by atoms with Crippen LogP contribution < -0.4 is 15.4 Å². The molecule has 7 nitrogen and oxygen atoms in total. The molecule has 3 N–H and O–H groups in total. The molecule has 3 rings (SSSR count). The number of hydrogen-bond acceptors (Lipinski definition) is 4. The fourth-order valence-corrected chi connectivity index (χ4v) is 4.29.